The molecule has 0 heterocycles. The average Bonchev–Trinajstić information content (AvgIpc) is 2.98. The summed E-state index contributed by atoms with van der Waals surface area (Å²) in [5.74, 6) is 0.418. The van der Waals surface area contributed by atoms with E-state index in [4.69, 9.17) is 10.5 Å². The molecule has 88 valence electrons. The second-order valence-corrected chi connectivity index (χ2v) is 4.78. The molecule has 0 aliphatic heterocycles. The van der Waals surface area contributed by atoms with Crippen LogP contribution < -0.4 is 10.5 Å². The van der Waals surface area contributed by atoms with Gasteiger partial charge in [0.1, 0.15) is 11.6 Å². The highest BCUT2D eigenvalue weighted by Gasteiger charge is 2.37. The molecule has 0 saturated heterocycles. The van der Waals surface area contributed by atoms with E-state index >= 15 is 0 Å². The summed E-state index contributed by atoms with van der Waals surface area (Å²) in [4.78, 5) is 0. The van der Waals surface area contributed by atoms with Crippen LogP contribution in [0.25, 0.3) is 0 Å². The van der Waals surface area contributed by atoms with E-state index in [9.17, 15) is 4.39 Å². The van der Waals surface area contributed by atoms with Crippen LogP contribution in [0.15, 0.2) is 12.1 Å². The van der Waals surface area contributed by atoms with Gasteiger partial charge in [0.25, 0.3) is 0 Å². The van der Waals surface area contributed by atoms with Gasteiger partial charge in [-0.15, -0.1) is 0 Å². The molecule has 0 spiro atoms. The van der Waals surface area contributed by atoms with Crippen LogP contribution in [0.1, 0.15) is 30.4 Å². The van der Waals surface area contributed by atoms with Crippen molar-refractivity contribution in [2.45, 2.75) is 38.1 Å². The third-order valence-electron chi connectivity index (χ3n) is 3.35. The predicted octanol–water partition coefficient (Wildman–Crippen LogP) is 2.57. The zero-order valence-corrected chi connectivity index (χ0v) is 9.85. The lowest BCUT2D eigenvalue weighted by atomic mass is 10.0. The fourth-order valence-electron chi connectivity index (χ4n) is 1.93. The molecule has 16 heavy (non-hydrogen) atoms. The van der Waals surface area contributed by atoms with Crippen molar-refractivity contribution in [3.63, 3.8) is 0 Å². The molecule has 0 atom stereocenters. The molecule has 0 amide bonds. The van der Waals surface area contributed by atoms with Gasteiger partial charge in [-0.05, 0) is 49.8 Å². The van der Waals surface area contributed by atoms with Crippen LogP contribution in [0.3, 0.4) is 0 Å². The van der Waals surface area contributed by atoms with Crippen LogP contribution in [-0.4, -0.2) is 12.6 Å². The Kier molecular flexibility index (Phi) is 2.89. The topological polar surface area (TPSA) is 35.2 Å². The molecule has 1 aromatic carbocycles. The van der Waals surface area contributed by atoms with Crippen LogP contribution in [0.5, 0.6) is 5.75 Å². The van der Waals surface area contributed by atoms with Gasteiger partial charge in [-0.2, -0.15) is 0 Å². The zero-order valence-electron chi connectivity index (χ0n) is 9.85. The van der Waals surface area contributed by atoms with Crippen LogP contribution in [0.4, 0.5) is 4.39 Å². The molecule has 1 aromatic rings. The van der Waals surface area contributed by atoms with Crippen LogP contribution >= 0.6 is 0 Å². The predicted molar refractivity (Wildman–Crippen MR) is 62.2 cm³/mol. The number of ether oxygens (including phenoxy) is 1. The molecular formula is C13H18FNO. The fraction of sp³-hybridized carbons (Fsp3) is 0.538. The maximum atomic E-state index is 13.7. The number of hydrogen-bond acceptors (Lipinski definition) is 2. The van der Waals surface area contributed by atoms with Gasteiger partial charge in [0.2, 0.25) is 0 Å². The fourth-order valence-corrected chi connectivity index (χ4v) is 1.93. The van der Waals surface area contributed by atoms with Crippen LogP contribution in [-0.2, 0) is 6.42 Å². The molecule has 0 aromatic heterocycles. The standard InChI is InChI=1S/C13H18FNO/c1-9-7-10(3-4-13(15)5-6-13)11(14)8-12(9)16-2/h7-8H,3-6,15H2,1-2H3. The lowest BCUT2D eigenvalue weighted by Crippen LogP contribution is -2.22. The number of halogens is 1. The normalized spacial score (nSPS) is 17.2. The molecule has 0 radical (unpaired) electrons. The van der Waals surface area contributed by atoms with Gasteiger partial charge < -0.3 is 10.5 Å². The van der Waals surface area contributed by atoms with Crippen molar-refractivity contribution >= 4 is 0 Å². The van der Waals surface area contributed by atoms with Crippen molar-refractivity contribution in [2.24, 2.45) is 5.73 Å². The number of hydrogen-bond donors (Lipinski definition) is 1. The highest BCUT2D eigenvalue weighted by atomic mass is 19.1. The van der Waals surface area contributed by atoms with Gasteiger partial charge >= 0.3 is 0 Å². The summed E-state index contributed by atoms with van der Waals surface area (Å²) in [7, 11) is 1.56. The molecule has 2 N–H and O–H groups in total. The minimum Gasteiger partial charge on any atom is -0.496 e. The number of nitrogens with two attached hydrogens (primary N) is 1. The molecule has 0 unspecified atom stereocenters. The van der Waals surface area contributed by atoms with Crippen molar-refractivity contribution in [3.8, 4) is 5.75 Å². The third kappa shape index (κ3) is 2.35. The molecule has 2 rings (SSSR count). The second kappa shape index (κ2) is 4.06. The molecule has 1 fully saturated rings. The maximum absolute atomic E-state index is 13.7. The highest BCUT2D eigenvalue weighted by Crippen LogP contribution is 2.37. The smallest absolute Gasteiger partial charge is 0.130 e. The lowest BCUT2D eigenvalue weighted by Gasteiger charge is -2.11. The van der Waals surface area contributed by atoms with E-state index < -0.39 is 0 Å². The van der Waals surface area contributed by atoms with Gasteiger partial charge in [-0.3, -0.25) is 0 Å². The van der Waals surface area contributed by atoms with E-state index in [1.807, 2.05) is 13.0 Å². The Morgan fingerprint density at radius 3 is 2.69 bits per heavy atom. The van der Waals surface area contributed by atoms with Crippen molar-refractivity contribution in [3.05, 3.63) is 29.1 Å². The van der Waals surface area contributed by atoms with Crippen LogP contribution in [0.2, 0.25) is 0 Å². The van der Waals surface area contributed by atoms with Crippen LogP contribution in [0, 0.1) is 12.7 Å². The van der Waals surface area contributed by atoms with E-state index in [1.54, 1.807) is 7.11 Å². The molecule has 0 bridgehead atoms. The Bertz CT molecular complexity index is 399. The summed E-state index contributed by atoms with van der Waals surface area (Å²) in [6, 6.07) is 3.32. The summed E-state index contributed by atoms with van der Waals surface area (Å²) in [5.41, 5.74) is 7.70. The minimum absolute atomic E-state index is 0.0136. The van der Waals surface area contributed by atoms with Gasteiger partial charge in [-0.1, -0.05) is 0 Å². The highest BCUT2D eigenvalue weighted by molar-refractivity contribution is 5.37. The van der Waals surface area contributed by atoms with Gasteiger partial charge in [0.15, 0.2) is 0 Å². The van der Waals surface area contributed by atoms with Gasteiger partial charge in [-0.25, -0.2) is 4.39 Å². The van der Waals surface area contributed by atoms with E-state index in [2.05, 4.69) is 0 Å². The number of benzene rings is 1. The van der Waals surface area contributed by atoms with Gasteiger partial charge in [0, 0.05) is 11.6 Å². The van der Waals surface area contributed by atoms with Crippen molar-refractivity contribution in [1.82, 2.24) is 0 Å². The zero-order chi connectivity index (χ0) is 11.8. The Balaban J connectivity index is 2.11. The van der Waals surface area contributed by atoms with Crippen molar-refractivity contribution < 1.29 is 9.13 Å². The Hall–Kier alpha value is -1.09. The van der Waals surface area contributed by atoms with Crippen molar-refractivity contribution in [2.75, 3.05) is 7.11 Å². The number of methoxy groups -OCH3 is 1. The lowest BCUT2D eigenvalue weighted by molar-refractivity contribution is 0.407. The molecule has 1 aliphatic rings. The first-order chi connectivity index (χ1) is 7.54. The second-order valence-electron chi connectivity index (χ2n) is 4.78. The summed E-state index contributed by atoms with van der Waals surface area (Å²) in [6.45, 7) is 1.93. The molecule has 3 heteroatoms. The Labute approximate surface area is 95.6 Å². The molecule has 1 aliphatic carbocycles. The number of rotatable bonds is 4. The quantitative estimate of drug-likeness (QED) is 0.851. The molecular weight excluding hydrogens is 205 g/mol. The molecule has 1 saturated carbocycles. The number of aryl methyl sites for hydroxylation is 2. The average molecular weight is 223 g/mol. The van der Waals surface area contributed by atoms with E-state index in [0.29, 0.717) is 12.2 Å². The van der Waals surface area contributed by atoms with E-state index in [0.717, 1.165) is 30.4 Å². The summed E-state index contributed by atoms with van der Waals surface area (Å²) in [6.07, 6.45) is 3.73. The van der Waals surface area contributed by atoms with E-state index in [-0.39, 0.29) is 11.4 Å². The first kappa shape index (κ1) is 11.4. The maximum Gasteiger partial charge on any atom is 0.130 e. The first-order valence-electron chi connectivity index (χ1n) is 5.66. The summed E-state index contributed by atoms with van der Waals surface area (Å²) in [5, 5.41) is 0. The third-order valence-corrected chi connectivity index (χ3v) is 3.35. The summed E-state index contributed by atoms with van der Waals surface area (Å²) >= 11 is 0. The first-order valence-corrected chi connectivity index (χ1v) is 5.66. The largest absolute Gasteiger partial charge is 0.496 e. The van der Waals surface area contributed by atoms with Gasteiger partial charge in [0.05, 0.1) is 7.11 Å². The monoisotopic (exact) mass is 223 g/mol. The summed E-state index contributed by atoms with van der Waals surface area (Å²) < 4.78 is 18.8. The molecule has 2 nitrogen and oxygen atoms in total. The Morgan fingerprint density at radius 1 is 1.44 bits per heavy atom. The minimum atomic E-state index is -0.188. The van der Waals surface area contributed by atoms with E-state index in [1.165, 1.54) is 6.07 Å². The Morgan fingerprint density at radius 2 is 2.12 bits per heavy atom. The SMILES string of the molecule is COc1cc(F)c(CCC2(N)CC2)cc1C. The van der Waals surface area contributed by atoms with Crippen molar-refractivity contribution in [1.29, 1.82) is 0 Å².